The van der Waals surface area contributed by atoms with E-state index in [1.54, 1.807) is 6.07 Å². The predicted molar refractivity (Wildman–Crippen MR) is 134 cm³/mol. The average Bonchev–Trinajstić information content (AvgIpc) is 3.47. The van der Waals surface area contributed by atoms with Crippen molar-refractivity contribution in [2.45, 2.75) is 70.9 Å². The molecule has 0 unspecified atom stereocenters. The molecule has 186 valence electrons. The van der Waals surface area contributed by atoms with Gasteiger partial charge < -0.3 is 32.2 Å². The van der Waals surface area contributed by atoms with Gasteiger partial charge in [0, 0.05) is 23.7 Å². The molecule has 0 bridgehead atoms. The van der Waals surface area contributed by atoms with Crippen LogP contribution < -0.4 is 27.4 Å². The molecule has 0 atom stereocenters. The molecule has 7 N–H and O–H groups in total. The van der Waals surface area contributed by atoms with Crippen LogP contribution in [0.15, 0.2) is 46.5 Å². The molecular formula is C24H37N7O3. The number of anilines is 1. The highest BCUT2D eigenvalue weighted by atomic mass is 16.6. The standard InChI is InChI=1S/C24H37N7O3/c1-22(2,3)16-9-8-10-17(30-16)29-15(19(25)20(26)32)13-18(27-7)28-14-24(11-12-24)31-21(33)34-23(4,5)6/h8-10,13,28H,7,11-12,14,25H2,1-6H3,(H2,26,32)(H,29,30)(H,31,33)/b18-13+,19-15+. The van der Waals surface area contributed by atoms with Gasteiger partial charge in [0.2, 0.25) is 0 Å². The van der Waals surface area contributed by atoms with Crippen LogP contribution in [0.4, 0.5) is 10.6 Å². The minimum Gasteiger partial charge on any atom is -0.444 e. The fraction of sp³-hybridized carbons (Fsp3) is 0.500. The third-order valence-electron chi connectivity index (χ3n) is 5.01. The second kappa shape index (κ2) is 10.1. The zero-order valence-corrected chi connectivity index (χ0v) is 20.9. The summed E-state index contributed by atoms with van der Waals surface area (Å²) in [6.45, 7) is 15.6. The Labute approximate surface area is 201 Å². The second-order valence-corrected chi connectivity index (χ2v) is 10.4. The summed E-state index contributed by atoms with van der Waals surface area (Å²) in [5.74, 6) is 0.0480. The summed E-state index contributed by atoms with van der Waals surface area (Å²) < 4.78 is 5.35. The quantitative estimate of drug-likeness (QED) is 0.210. The first-order chi connectivity index (χ1) is 15.6. The molecule has 2 rings (SSSR count). The number of aromatic nitrogens is 1. The maximum atomic E-state index is 12.2. The smallest absolute Gasteiger partial charge is 0.408 e. The summed E-state index contributed by atoms with van der Waals surface area (Å²) in [5, 5.41) is 9.11. The van der Waals surface area contributed by atoms with Gasteiger partial charge >= 0.3 is 6.09 Å². The Balaban J connectivity index is 2.19. The van der Waals surface area contributed by atoms with Crippen LogP contribution in [0.2, 0.25) is 0 Å². The molecule has 1 heterocycles. The van der Waals surface area contributed by atoms with E-state index in [4.69, 9.17) is 16.2 Å². The van der Waals surface area contributed by atoms with Gasteiger partial charge in [-0.25, -0.2) is 14.8 Å². The number of rotatable bonds is 9. The SMILES string of the molecule is C=N/C(=C\C(Nc1cccc(C(C)(C)C)n1)=C(/N)C(N)=O)NCC1(NC(=O)OC(C)(C)C)CC1. The normalized spacial score (nSPS) is 16.1. The summed E-state index contributed by atoms with van der Waals surface area (Å²) in [4.78, 5) is 32.6. The van der Waals surface area contributed by atoms with Crippen molar-refractivity contribution in [3.63, 3.8) is 0 Å². The number of ether oxygens (including phenoxy) is 1. The van der Waals surface area contributed by atoms with Gasteiger partial charge in [0.1, 0.15) is 22.9 Å². The Morgan fingerprint density at radius 1 is 1.21 bits per heavy atom. The van der Waals surface area contributed by atoms with E-state index in [-0.39, 0.29) is 16.8 Å². The van der Waals surface area contributed by atoms with Crippen molar-refractivity contribution in [1.29, 1.82) is 0 Å². The van der Waals surface area contributed by atoms with Gasteiger partial charge in [0.25, 0.3) is 5.91 Å². The number of hydrogen-bond donors (Lipinski definition) is 5. The lowest BCUT2D eigenvalue weighted by atomic mass is 9.92. The van der Waals surface area contributed by atoms with Crippen molar-refractivity contribution < 1.29 is 14.3 Å². The highest BCUT2D eigenvalue weighted by molar-refractivity contribution is 5.92. The Morgan fingerprint density at radius 3 is 2.35 bits per heavy atom. The van der Waals surface area contributed by atoms with Crippen LogP contribution in [0.25, 0.3) is 0 Å². The number of amides is 2. The van der Waals surface area contributed by atoms with Gasteiger partial charge in [-0.15, -0.1) is 0 Å². The molecule has 10 heteroatoms. The monoisotopic (exact) mass is 471 g/mol. The molecule has 1 saturated carbocycles. The van der Waals surface area contributed by atoms with E-state index < -0.39 is 23.1 Å². The summed E-state index contributed by atoms with van der Waals surface area (Å²) in [6.07, 6.45) is 2.63. The van der Waals surface area contributed by atoms with Crippen molar-refractivity contribution >= 4 is 24.5 Å². The Hall–Kier alpha value is -3.56. The first-order valence-corrected chi connectivity index (χ1v) is 11.1. The van der Waals surface area contributed by atoms with Crippen LogP contribution in [0.1, 0.15) is 60.1 Å². The third-order valence-corrected chi connectivity index (χ3v) is 5.01. The lowest BCUT2D eigenvalue weighted by molar-refractivity contribution is -0.114. The van der Waals surface area contributed by atoms with E-state index in [1.165, 1.54) is 6.08 Å². The van der Waals surface area contributed by atoms with E-state index in [1.807, 2.05) is 32.9 Å². The van der Waals surface area contributed by atoms with E-state index in [9.17, 15) is 9.59 Å². The van der Waals surface area contributed by atoms with Gasteiger partial charge in [-0.3, -0.25) is 4.79 Å². The van der Waals surface area contributed by atoms with E-state index >= 15 is 0 Å². The average molecular weight is 472 g/mol. The largest absolute Gasteiger partial charge is 0.444 e. The first-order valence-electron chi connectivity index (χ1n) is 11.1. The molecule has 1 aliphatic rings. The Kier molecular flexibility index (Phi) is 7.97. The van der Waals surface area contributed by atoms with E-state index in [0.29, 0.717) is 18.2 Å². The maximum absolute atomic E-state index is 12.2. The molecule has 10 nitrogen and oxygen atoms in total. The third kappa shape index (κ3) is 8.09. The lowest BCUT2D eigenvalue weighted by Crippen LogP contribution is -2.46. The number of nitrogens with two attached hydrogens (primary N) is 2. The minimum atomic E-state index is -0.792. The molecule has 0 aliphatic heterocycles. The Bertz CT molecular complexity index is 997. The molecule has 0 saturated heterocycles. The first kappa shape index (κ1) is 26.7. The Morgan fingerprint density at radius 2 is 1.85 bits per heavy atom. The molecule has 2 amide bonds. The number of pyridine rings is 1. The molecule has 1 aliphatic carbocycles. The fourth-order valence-corrected chi connectivity index (χ4v) is 2.94. The molecule has 0 spiro atoms. The number of carbonyl (C=O) groups is 2. The van der Waals surface area contributed by atoms with Crippen LogP contribution in [-0.4, -0.2) is 41.4 Å². The predicted octanol–water partition coefficient (Wildman–Crippen LogP) is 2.64. The summed E-state index contributed by atoms with van der Waals surface area (Å²) >= 11 is 0. The van der Waals surface area contributed by atoms with Crippen molar-refractivity contribution in [3.8, 4) is 0 Å². The molecule has 1 aromatic rings. The van der Waals surface area contributed by atoms with Crippen molar-refractivity contribution in [1.82, 2.24) is 15.6 Å². The van der Waals surface area contributed by atoms with Crippen LogP contribution in [0.5, 0.6) is 0 Å². The number of carbonyl (C=O) groups excluding carboxylic acids is 2. The number of primary amides is 1. The van der Waals surface area contributed by atoms with Gasteiger partial charge in [-0.1, -0.05) is 26.8 Å². The molecular weight excluding hydrogens is 434 g/mol. The zero-order chi connectivity index (χ0) is 25.7. The fourth-order valence-electron chi connectivity index (χ4n) is 2.94. The lowest BCUT2D eigenvalue weighted by Gasteiger charge is -2.24. The van der Waals surface area contributed by atoms with Crippen LogP contribution in [-0.2, 0) is 14.9 Å². The number of alkyl carbamates (subject to hydrolysis) is 1. The molecule has 0 aromatic carbocycles. The summed E-state index contributed by atoms with van der Waals surface area (Å²) in [6, 6.07) is 5.55. The number of nitrogens with zero attached hydrogens (tertiary/aromatic N) is 2. The maximum Gasteiger partial charge on any atom is 0.408 e. The minimum absolute atomic E-state index is 0.165. The van der Waals surface area contributed by atoms with Crippen LogP contribution in [0, 0.1) is 0 Å². The number of nitrogens with one attached hydrogen (secondary N) is 3. The van der Waals surface area contributed by atoms with Crippen LogP contribution >= 0.6 is 0 Å². The molecule has 1 aromatic heterocycles. The number of aliphatic imine (C=N–C) groups is 1. The highest BCUT2D eigenvalue weighted by Crippen LogP contribution is 2.35. The van der Waals surface area contributed by atoms with Gasteiger partial charge in [-0.05, 0) is 52.5 Å². The van der Waals surface area contributed by atoms with E-state index in [2.05, 4.69) is 53.4 Å². The second-order valence-electron chi connectivity index (χ2n) is 10.4. The van der Waals surface area contributed by atoms with Gasteiger partial charge in [-0.2, -0.15) is 0 Å². The zero-order valence-electron chi connectivity index (χ0n) is 20.9. The molecule has 0 radical (unpaired) electrons. The highest BCUT2D eigenvalue weighted by Gasteiger charge is 2.45. The van der Waals surface area contributed by atoms with E-state index in [0.717, 1.165) is 18.5 Å². The van der Waals surface area contributed by atoms with Crippen molar-refractivity contribution in [2.24, 2.45) is 16.5 Å². The van der Waals surface area contributed by atoms with Crippen molar-refractivity contribution in [2.75, 3.05) is 11.9 Å². The van der Waals surface area contributed by atoms with Crippen molar-refractivity contribution in [3.05, 3.63) is 47.2 Å². The van der Waals surface area contributed by atoms with Gasteiger partial charge in [0.15, 0.2) is 0 Å². The number of hydrogen-bond acceptors (Lipinski definition) is 8. The van der Waals surface area contributed by atoms with Crippen LogP contribution in [0.3, 0.4) is 0 Å². The molecule has 1 fully saturated rings. The topological polar surface area (TPSA) is 157 Å². The summed E-state index contributed by atoms with van der Waals surface area (Å²) in [5.41, 5.74) is 11.1. The van der Waals surface area contributed by atoms with Gasteiger partial charge in [0.05, 0.1) is 11.2 Å². The molecule has 34 heavy (non-hydrogen) atoms. The summed E-state index contributed by atoms with van der Waals surface area (Å²) in [7, 11) is 0. The number of allylic oxidation sites excluding steroid dienone is 1.